The summed E-state index contributed by atoms with van der Waals surface area (Å²) in [5, 5.41) is 2.41. The minimum atomic E-state index is -0.257. The van der Waals surface area contributed by atoms with Crippen LogP contribution in [0.3, 0.4) is 0 Å². The first-order chi connectivity index (χ1) is 27.3. The van der Waals surface area contributed by atoms with Crippen LogP contribution in [-0.4, -0.2) is 15.0 Å². The Labute approximate surface area is 330 Å². The maximum atomic E-state index is 5.54. The lowest BCUT2D eigenvalue weighted by Crippen LogP contribution is -2.19. The van der Waals surface area contributed by atoms with E-state index in [2.05, 4.69) is 190 Å². The van der Waals surface area contributed by atoms with Gasteiger partial charge in [0.25, 0.3) is 0 Å². The highest BCUT2D eigenvalue weighted by molar-refractivity contribution is 7.26. The number of benzene rings is 7. The Balaban J connectivity index is 1.23. The standard InChI is InChI=1S/C51H38N4S/c1-50(2)39-26-11-8-19-32(39)34-22-14-24-37(45(34)50)47-52-48(38-25-15-23-35-33-20-9-12-27-40(33)51(3,4)46(35)38)54-49(53-47)55(31-17-6-5-7-18-31)41-28-16-30-43-44(41)36-21-10-13-29-42(36)56-43/h5-30H,1-4H3. The minimum absolute atomic E-state index is 0.257. The Morgan fingerprint density at radius 2 is 0.911 bits per heavy atom. The fourth-order valence-electron chi connectivity index (χ4n) is 9.66. The SMILES string of the molecule is CC1(C)c2ccccc2-c2cccc(-c3nc(-c4cccc5c4C(C)(C)c4ccccc4-5)nc(N(c4ccccc4)c4cccc5sc6ccccc6c45)n3)c21. The lowest BCUT2D eigenvalue weighted by Gasteiger charge is -2.27. The van der Waals surface area contributed by atoms with E-state index in [-0.39, 0.29) is 10.8 Å². The van der Waals surface area contributed by atoms with E-state index in [0.717, 1.165) is 22.5 Å². The van der Waals surface area contributed by atoms with Crippen molar-refractivity contribution in [1.29, 1.82) is 0 Å². The fraction of sp³-hybridized carbons (Fsp3) is 0.118. The zero-order valence-corrected chi connectivity index (χ0v) is 32.5. The third-order valence-electron chi connectivity index (χ3n) is 12.1. The zero-order valence-electron chi connectivity index (χ0n) is 31.7. The van der Waals surface area contributed by atoms with E-state index in [1.54, 1.807) is 0 Å². The summed E-state index contributed by atoms with van der Waals surface area (Å²) < 4.78 is 2.48. The second-order valence-corrected chi connectivity index (χ2v) is 17.1. The molecule has 0 bridgehead atoms. The van der Waals surface area contributed by atoms with E-state index in [0.29, 0.717) is 17.6 Å². The number of fused-ring (bicyclic) bond motifs is 9. The normalized spacial score (nSPS) is 14.4. The predicted octanol–water partition coefficient (Wildman–Crippen LogP) is 13.7. The molecule has 0 spiro atoms. The number of aromatic nitrogens is 3. The summed E-state index contributed by atoms with van der Waals surface area (Å²) in [5.41, 5.74) is 13.7. The van der Waals surface area contributed by atoms with Gasteiger partial charge in [0, 0.05) is 47.8 Å². The summed E-state index contributed by atoms with van der Waals surface area (Å²) in [6.07, 6.45) is 0. The molecule has 0 saturated carbocycles. The third kappa shape index (κ3) is 4.67. The van der Waals surface area contributed by atoms with Crippen molar-refractivity contribution in [1.82, 2.24) is 15.0 Å². The molecule has 0 fully saturated rings. The molecule has 0 unspecified atom stereocenters. The number of hydrogen-bond acceptors (Lipinski definition) is 5. The molecule has 0 amide bonds. The number of thiophene rings is 1. The van der Waals surface area contributed by atoms with Gasteiger partial charge >= 0.3 is 0 Å². The molecule has 268 valence electrons. The molecule has 2 heterocycles. The largest absolute Gasteiger partial charge is 0.278 e. The molecular weight excluding hydrogens is 701 g/mol. The van der Waals surface area contributed by atoms with Gasteiger partial charge in [0.2, 0.25) is 5.95 Å². The second kappa shape index (κ2) is 12.0. The summed E-state index contributed by atoms with van der Waals surface area (Å²) >= 11 is 1.82. The Morgan fingerprint density at radius 3 is 1.54 bits per heavy atom. The van der Waals surface area contributed by atoms with Crippen molar-refractivity contribution in [2.45, 2.75) is 38.5 Å². The Bertz CT molecular complexity index is 2920. The molecule has 0 radical (unpaired) electrons. The summed E-state index contributed by atoms with van der Waals surface area (Å²) in [6, 6.07) is 56.6. The van der Waals surface area contributed by atoms with Gasteiger partial charge in [-0.15, -0.1) is 11.3 Å². The second-order valence-electron chi connectivity index (χ2n) is 16.0. The van der Waals surface area contributed by atoms with E-state index >= 15 is 0 Å². The maximum absolute atomic E-state index is 5.54. The van der Waals surface area contributed by atoms with Crippen LogP contribution in [0.1, 0.15) is 49.9 Å². The molecule has 0 aliphatic heterocycles. The summed E-state index contributed by atoms with van der Waals surface area (Å²) in [7, 11) is 0. The Morgan fingerprint density at radius 1 is 0.429 bits per heavy atom. The highest BCUT2D eigenvalue weighted by Gasteiger charge is 2.40. The van der Waals surface area contributed by atoms with Crippen molar-refractivity contribution in [2.24, 2.45) is 0 Å². The highest BCUT2D eigenvalue weighted by Crippen LogP contribution is 2.54. The van der Waals surface area contributed by atoms with Crippen molar-refractivity contribution in [3.05, 3.63) is 180 Å². The number of anilines is 3. The first kappa shape index (κ1) is 33.0. The quantitative estimate of drug-likeness (QED) is 0.176. The van der Waals surface area contributed by atoms with E-state index in [1.807, 2.05) is 11.3 Å². The van der Waals surface area contributed by atoms with Gasteiger partial charge in [-0.1, -0.05) is 155 Å². The first-order valence-corrected chi connectivity index (χ1v) is 20.1. The molecule has 9 aromatic rings. The Kier molecular flexibility index (Phi) is 7.08. The molecule has 5 heteroatoms. The fourth-order valence-corrected chi connectivity index (χ4v) is 10.8. The number of para-hydroxylation sites is 1. The predicted molar refractivity (Wildman–Crippen MR) is 233 cm³/mol. The average molecular weight is 739 g/mol. The van der Waals surface area contributed by atoms with E-state index in [9.17, 15) is 0 Å². The van der Waals surface area contributed by atoms with Gasteiger partial charge < -0.3 is 0 Å². The number of rotatable bonds is 5. The topological polar surface area (TPSA) is 41.9 Å². The lowest BCUT2D eigenvalue weighted by molar-refractivity contribution is 0.660. The molecule has 2 aliphatic rings. The van der Waals surface area contributed by atoms with Crippen LogP contribution in [0.4, 0.5) is 17.3 Å². The van der Waals surface area contributed by atoms with Crippen molar-refractivity contribution >= 4 is 48.8 Å². The molecule has 0 N–H and O–H groups in total. The van der Waals surface area contributed by atoms with Crippen molar-refractivity contribution in [2.75, 3.05) is 4.90 Å². The molecule has 0 atom stereocenters. The van der Waals surface area contributed by atoms with Gasteiger partial charge in [-0.05, 0) is 74.8 Å². The molecule has 7 aromatic carbocycles. The summed E-state index contributed by atoms with van der Waals surface area (Å²) in [5.74, 6) is 1.91. The van der Waals surface area contributed by atoms with Crippen LogP contribution in [-0.2, 0) is 10.8 Å². The van der Waals surface area contributed by atoms with Crippen LogP contribution in [0.15, 0.2) is 158 Å². The van der Waals surface area contributed by atoms with Gasteiger partial charge in [0.1, 0.15) is 0 Å². The van der Waals surface area contributed by atoms with Gasteiger partial charge in [-0.3, -0.25) is 4.90 Å². The molecule has 2 aromatic heterocycles. The van der Waals surface area contributed by atoms with Gasteiger partial charge in [-0.25, -0.2) is 4.98 Å². The van der Waals surface area contributed by atoms with Crippen LogP contribution in [0.25, 0.3) is 65.2 Å². The minimum Gasteiger partial charge on any atom is -0.278 e. The smallest absolute Gasteiger partial charge is 0.238 e. The van der Waals surface area contributed by atoms with Crippen molar-refractivity contribution in [3.63, 3.8) is 0 Å². The van der Waals surface area contributed by atoms with Crippen LogP contribution in [0.2, 0.25) is 0 Å². The summed E-state index contributed by atoms with van der Waals surface area (Å²) in [4.78, 5) is 18.8. The molecule has 4 nitrogen and oxygen atoms in total. The van der Waals surface area contributed by atoms with E-state index < -0.39 is 0 Å². The highest BCUT2D eigenvalue weighted by atomic mass is 32.1. The van der Waals surface area contributed by atoms with E-state index in [1.165, 1.54) is 64.7 Å². The lowest BCUT2D eigenvalue weighted by atomic mass is 9.79. The molecule has 0 saturated heterocycles. The zero-order chi connectivity index (χ0) is 37.8. The van der Waals surface area contributed by atoms with Gasteiger partial charge in [0.05, 0.1) is 5.69 Å². The number of nitrogens with zero attached hydrogens (tertiary/aromatic N) is 4. The van der Waals surface area contributed by atoms with Gasteiger partial charge in [0.15, 0.2) is 11.6 Å². The Hall–Kier alpha value is -6.43. The molecule has 2 aliphatic carbocycles. The van der Waals surface area contributed by atoms with E-state index in [4.69, 9.17) is 15.0 Å². The summed E-state index contributed by atoms with van der Waals surface area (Å²) in [6.45, 7) is 9.30. The van der Waals surface area contributed by atoms with Crippen LogP contribution >= 0.6 is 11.3 Å². The maximum Gasteiger partial charge on any atom is 0.238 e. The van der Waals surface area contributed by atoms with Crippen LogP contribution in [0, 0.1) is 0 Å². The monoisotopic (exact) mass is 738 g/mol. The van der Waals surface area contributed by atoms with Crippen LogP contribution < -0.4 is 4.90 Å². The average Bonchev–Trinajstić information content (AvgIpc) is 3.82. The molecule has 56 heavy (non-hydrogen) atoms. The first-order valence-electron chi connectivity index (χ1n) is 19.3. The van der Waals surface area contributed by atoms with Gasteiger partial charge in [-0.2, -0.15) is 9.97 Å². The molecular formula is C51H38N4S. The number of hydrogen-bond donors (Lipinski definition) is 0. The molecule has 11 rings (SSSR count). The van der Waals surface area contributed by atoms with Crippen molar-refractivity contribution < 1.29 is 0 Å². The van der Waals surface area contributed by atoms with Crippen molar-refractivity contribution in [3.8, 4) is 45.0 Å². The third-order valence-corrected chi connectivity index (χ3v) is 13.2. The van der Waals surface area contributed by atoms with Crippen LogP contribution in [0.5, 0.6) is 0 Å².